The Morgan fingerprint density at radius 2 is 1.95 bits per heavy atom. The maximum Gasteiger partial charge on any atom is 0.257 e. The van der Waals surface area contributed by atoms with Gasteiger partial charge in [-0.25, -0.2) is 0 Å². The van der Waals surface area contributed by atoms with Gasteiger partial charge in [0.15, 0.2) is 0 Å². The lowest BCUT2D eigenvalue weighted by Gasteiger charge is -2.31. The van der Waals surface area contributed by atoms with Gasteiger partial charge in [0.05, 0.1) is 23.9 Å². The summed E-state index contributed by atoms with van der Waals surface area (Å²) in [6.07, 6.45) is 0.762. The van der Waals surface area contributed by atoms with Gasteiger partial charge < -0.3 is 25.0 Å². The van der Waals surface area contributed by atoms with Crippen LogP contribution in [-0.4, -0.2) is 58.2 Å². The highest BCUT2D eigenvalue weighted by molar-refractivity contribution is 7.07. The number of pyridine rings is 1. The second-order valence-electron chi connectivity index (χ2n) is 9.86. The van der Waals surface area contributed by atoms with Crippen molar-refractivity contribution in [3.8, 4) is 0 Å². The second kappa shape index (κ2) is 11.9. The predicted molar refractivity (Wildman–Crippen MR) is 156 cm³/mol. The summed E-state index contributed by atoms with van der Waals surface area (Å²) in [5, 5.41) is 27.7. The molecule has 11 heteroatoms. The molecule has 0 unspecified atom stereocenters. The summed E-state index contributed by atoms with van der Waals surface area (Å²) in [5.74, 6) is -0.795. The van der Waals surface area contributed by atoms with Crippen molar-refractivity contribution < 1.29 is 19.8 Å². The zero-order valence-electron chi connectivity index (χ0n) is 21.8. The highest BCUT2D eigenvalue weighted by Gasteiger charge is 2.28. The Kier molecular flexibility index (Phi) is 8.34. The van der Waals surface area contributed by atoms with E-state index in [1.54, 1.807) is 34.9 Å². The Morgan fingerprint density at radius 1 is 1.18 bits per heavy atom. The number of anilines is 1. The number of amides is 2. The Balaban J connectivity index is 1.50. The fourth-order valence-electron chi connectivity index (χ4n) is 4.99. The number of carbonyl (C=O) groups excluding carboxylic acids is 2. The number of carbonyl (C=O) groups is 2. The summed E-state index contributed by atoms with van der Waals surface area (Å²) in [7, 11) is 1.86. The highest BCUT2D eigenvalue weighted by Crippen LogP contribution is 2.32. The van der Waals surface area contributed by atoms with Crippen LogP contribution in [0.1, 0.15) is 33.2 Å². The van der Waals surface area contributed by atoms with Crippen LogP contribution in [0.4, 0.5) is 5.69 Å². The van der Waals surface area contributed by atoms with E-state index in [0.717, 1.165) is 16.7 Å². The Morgan fingerprint density at radius 3 is 2.65 bits per heavy atom. The minimum absolute atomic E-state index is 0.0609. The van der Waals surface area contributed by atoms with Gasteiger partial charge in [0.25, 0.3) is 5.91 Å². The number of halogens is 1. The van der Waals surface area contributed by atoms with Crippen molar-refractivity contribution in [1.29, 1.82) is 0 Å². The number of hydrogen-bond acceptors (Lipinski definition) is 7. The number of β-amino-alcohol motifs (C(OH)–C–C–N with tert-alkyl or cyclic N) is 1. The predicted octanol–water partition coefficient (Wildman–Crippen LogP) is 3.15. The van der Waals surface area contributed by atoms with Crippen LogP contribution in [0.15, 0.2) is 64.2 Å². The fraction of sp³-hybridized carbons (Fsp3) is 0.276. The second-order valence-corrected chi connectivity index (χ2v) is 11.1. The molecular formula is C29H29ClN4O5S. The third-order valence-corrected chi connectivity index (χ3v) is 7.86. The zero-order valence-corrected chi connectivity index (χ0v) is 23.4. The molecule has 1 aliphatic heterocycles. The molecule has 2 aromatic carbocycles. The van der Waals surface area contributed by atoms with Crippen LogP contribution in [0.5, 0.6) is 0 Å². The van der Waals surface area contributed by atoms with E-state index < -0.39 is 17.4 Å². The number of nitrogens with one attached hydrogen (secondary N) is 1. The van der Waals surface area contributed by atoms with Crippen LogP contribution >= 0.6 is 22.9 Å². The van der Waals surface area contributed by atoms with Crippen molar-refractivity contribution in [2.45, 2.75) is 25.7 Å². The first-order valence-corrected chi connectivity index (χ1v) is 14.1. The van der Waals surface area contributed by atoms with Crippen LogP contribution < -0.4 is 15.6 Å². The topological polar surface area (TPSA) is 115 Å². The number of likely N-dealkylation sites (N-methyl/N-ethyl adjacent to an activating group) is 1. The lowest BCUT2D eigenvalue weighted by Crippen LogP contribution is -2.41. The summed E-state index contributed by atoms with van der Waals surface area (Å²) < 4.78 is 1.63. The molecule has 0 aliphatic carbocycles. The summed E-state index contributed by atoms with van der Waals surface area (Å²) >= 11 is 7.46. The van der Waals surface area contributed by atoms with Gasteiger partial charge in [0, 0.05) is 42.8 Å². The van der Waals surface area contributed by atoms with Crippen molar-refractivity contribution in [2.24, 2.45) is 0 Å². The maximum absolute atomic E-state index is 13.7. The van der Waals surface area contributed by atoms with Gasteiger partial charge in [0.2, 0.25) is 11.3 Å². The molecule has 0 spiro atoms. The van der Waals surface area contributed by atoms with Gasteiger partial charge >= 0.3 is 0 Å². The molecule has 4 aromatic rings. The Labute approximate surface area is 239 Å². The Bertz CT molecular complexity index is 1600. The summed E-state index contributed by atoms with van der Waals surface area (Å²) in [6, 6.07) is 12.5. The first-order chi connectivity index (χ1) is 19.2. The zero-order chi connectivity index (χ0) is 28.4. The summed E-state index contributed by atoms with van der Waals surface area (Å²) in [4.78, 5) is 43.3. The van der Waals surface area contributed by atoms with E-state index in [2.05, 4.69) is 5.32 Å². The molecule has 5 rings (SSSR count). The standard InChI is InChI=1S/C29H29ClN4O5S/c1-32(15-25(36)20-6-9-40-17-20)13-19-10-22-27-24(11-19)34(7-8-35)26(37)16-33(27)14-23(28(22)38)29(39)31-12-18-2-4-21(30)5-3-18/h2-6,9-11,14,17,25,35-36H,7-8,12-13,15-16H2,1H3,(H,31,39)/t25-/m1/s1. The van der Waals surface area contributed by atoms with Crippen molar-refractivity contribution in [3.05, 3.63) is 96.9 Å². The smallest absolute Gasteiger partial charge is 0.257 e. The SMILES string of the molecule is CN(Cc1cc2c3c(c1)c(=O)c(C(=O)NCc1ccc(Cl)cc1)cn3CC(=O)N2CCO)C[C@@H](O)c1ccsc1. The molecule has 9 nitrogen and oxygen atoms in total. The van der Waals surface area contributed by atoms with Crippen LogP contribution in [-0.2, 0) is 24.4 Å². The molecule has 40 heavy (non-hydrogen) atoms. The number of aliphatic hydroxyl groups excluding tert-OH is 2. The average Bonchev–Trinajstić information content (AvgIpc) is 3.47. The number of aromatic nitrogens is 1. The van der Waals surface area contributed by atoms with Gasteiger partial charge in [-0.2, -0.15) is 11.3 Å². The number of hydrogen-bond donors (Lipinski definition) is 3. The van der Waals surface area contributed by atoms with Crippen molar-refractivity contribution in [1.82, 2.24) is 14.8 Å². The molecule has 208 valence electrons. The molecule has 0 radical (unpaired) electrons. The van der Waals surface area contributed by atoms with Gasteiger partial charge in [0.1, 0.15) is 12.1 Å². The van der Waals surface area contributed by atoms with E-state index >= 15 is 0 Å². The largest absolute Gasteiger partial charge is 0.395 e. The highest BCUT2D eigenvalue weighted by atomic mass is 35.5. The molecule has 2 amide bonds. The summed E-state index contributed by atoms with van der Waals surface area (Å²) in [6.45, 7) is 0.742. The van der Waals surface area contributed by atoms with Gasteiger partial charge in [-0.15, -0.1) is 0 Å². The van der Waals surface area contributed by atoms with E-state index in [9.17, 15) is 24.6 Å². The molecule has 0 saturated carbocycles. The molecule has 1 aliphatic rings. The number of nitrogens with zero attached hydrogens (tertiary/aromatic N) is 3. The van der Waals surface area contributed by atoms with Gasteiger partial charge in [-0.1, -0.05) is 23.7 Å². The third-order valence-electron chi connectivity index (χ3n) is 6.91. The van der Waals surface area contributed by atoms with Crippen molar-refractivity contribution in [2.75, 3.05) is 31.6 Å². The third kappa shape index (κ3) is 5.81. The lowest BCUT2D eigenvalue weighted by molar-refractivity contribution is -0.119. The Hall–Kier alpha value is -3.54. The molecule has 2 aromatic heterocycles. The van der Waals surface area contributed by atoms with Crippen LogP contribution in [0.3, 0.4) is 0 Å². The van der Waals surface area contributed by atoms with Gasteiger partial charge in [-0.05, 0) is 64.8 Å². The van der Waals surface area contributed by atoms with Gasteiger partial charge in [-0.3, -0.25) is 19.3 Å². The first-order valence-electron chi connectivity index (χ1n) is 12.8. The molecule has 1 atom stereocenters. The number of thiophene rings is 1. The molecule has 0 saturated heterocycles. The maximum atomic E-state index is 13.7. The van der Waals surface area contributed by atoms with E-state index in [-0.39, 0.29) is 37.7 Å². The first kappa shape index (κ1) is 28.0. The lowest BCUT2D eigenvalue weighted by atomic mass is 10.0. The normalized spacial score (nSPS) is 13.7. The van der Waals surface area contributed by atoms with Crippen LogP contribution in [0.25, 0.3) is 10.9 Å². The molecule has 0 bridgehead atoms. The minimum Gasteiger partial charge on any atom is -0.395 e. The number of aliphatic hydroxyl groups is 2. The fourth-order valence-corrected chi connectivity index (χ4v) is 5.82. The molecular weight excluding hydrogens is 552 g/mol. The minimum atomic E-state index is -0.671. The monoisotopic (exact) mass is 580 g/mol. The molecule has 0 fully saturated rings. The number of rotatable bonds is 10. The van der Waals surface area contributed by atoms with E-state index in [4.69, 9.17) is 11.6 Å². The van der Waals surface area contributed by atoms with Crippen LogP contribution in [0, 0.1) is 0 Å². The van der Waals surface area contributed by atoms with E-state index in [0.29, 0.717) is 34.7 Å². The van der Waals surface area contributed by atoms with Crippen molar-refractivity contribution >= 4 is 51.3 Å². The van der Waals surface area contributed by atoms with E-state index in [1.807, 2.05) is 34.8 Å². The number of benzene rings is 2. The molecule has 3 N–H and O–H groups in total. The van der Waals surface area contributed by atoms with E-state index in [1.165, 1.54) is 22.4 Å². The van der Waals surface area contributed by atoms with Crippen LogP contribution in [0.2, 0.25) is 5.02 Å². The van der Waals surface area contributed by atoms with Crippen molar-refractivity contribution in [3.63, 3.8) is 0 Å². The quantitative estimate of drug-likeness (QED) is 0.265. The summed E-state index contributed by atoms with van der Waals surface area (Å²) in [5.41, 5.74) is 2.94. The molecule has 3 heterocycles. The average molecular weight is 581 g/mol.